The first kappa shape index (κ1) is 14.7. The molecule has 0 saturated carbocycles. The Morgan fingerprint density at radius 1 is 1.18 bits per heavy atom. The van der Waals surface area contributed by atoms with Crippen molar-refractivity contribution >= 4 is 11.0 Å². The van der Waals surface area contributed by atoms with Gasteiger partial charge in [-0.1, -0.05) is 19.9 Å². The molecule has 22 heavy (non-hydrogen) atoms. The van der Waals surface area contributed by atoms with E-state index in [1.807, 2.05) is 18.2 Å². The molecule has 0 saturated heterocycles. The first-order valence-electron chi connectivity index (χ1n) is 7.40. The van der Waals surface area contributed by atoms with Crippen LogP contribution in [0.3, 0.4) is 0 Å². The van der Waals surface area contributed by atoms with E-state index in [0.29, 0.717) is 5.92 Å². The zero-order valence-electron chi connectivity index (χ0n) is 12.7. The molecule has 5 heteroatoms. The van der Waals surface area contributed by atoms with E-state index in [0.717, 1.165) is 34.4 Å². The van der Waals surface area contributed by atoms with Crippen LogP contribution < -0.4 is 5.73 Å². The molecule has 0 bridgehead atoms. The van der Waals surface area contributed by atoms with Crippen molar-refractivity contribution in [1.29, 1.82) is 0 Å². The molecular weight excluding hydrogens is 279 g/mol. The molecule has 2 aromatic heterocycles. The zero-order chi connectivity index (χ0) is 15.7. The smallest absolute Gasteiger partial charge is 0.213 e. The van der Waals surface area contributed by atoms with E-state index >= 15 is 0 Å². The highest BCUT2D eigenvalue weighted by Gasteiger charge is 2.13. The van der Waals surface area contributed by atoms with Crippen molar-refractivity contribution in [3.8, 4) is 11.1 Å². The maximum absolute atomic E-state index is 13.3. The summed E-state index contributed by atoms with van der Waals surface area (Å²) < 4.78 is 13.3. The third-order valence-electron chi connectivity index (χ3n) is 3.64. The van der Waals surface area contributed by atoms with Crippen LogP contribution in [0.5, 0.6) is 0 Å². The SMILES string of the molecule is CC(C)CC(N)c1nc2ccc(-c3ccnc(F)c3)cc2[nH]1. The minimum Gasteiger partial charge on any atom is -0.341 e. The Morgan fingerprint density at radius 2 is 1.95 bits per heavy atom. The highest BCUT2D eigenvalue weighted by Crippen LogP contribution is 2.25. The summed E-state index contributed by atoms with van der Waals surface area (Å²) in [6.45, 7) is 4.28. The molecular formula is C17H19FN4. The van der Waals surface area contributed by atoms with Gasteiger partial charge in [0, 0.05) is 12.3 Å². The number of halogens is 1. The van der Waals surface area contributed by atoms with Crippen molar-refractivity contribution in [3.05, 3.63) is 48.3 Å². The molecule has 0 amide bonds. The maximum Gasteiger partial charge on any atom is 0.213 e. The van der Waals surface area contributed by atoms with Crippen LogP contribution in [0.2, 0.25) is 0 Å². The number of nitrogens with zero attached hydrogens (tertiary/aromatic N) is 2. The van der Waals surface area contributed by atoms with Crippen molar-refractivity contribution in [2.75, 3.05) is 0 Å². The summed E-state index contributed by atoms with van der Waals surface area (Å²) in [6, 6.07) is 8.91. The quantitative estimate of drug-likeness (QED) is 0.720. The second-order valence-corrected chi connectivity index (χ2v) is 5.96. The molecule has 0 aliphatic rings. The van der Waals surface area contributed by atoms with Gasteiger partial charge in [-0.25, -0.2) is 9.97 Å². The lowest BCUT2D eigenvalue weighted by Crippen LogP contribution is -2.14. The molecule has 4 nitrogen and oxygen atoms in total. The number of H-pyrrole nitrogens is 1. The highest BCUT2D eigenvalue weighted by molar-refractivity contribution is 5.82. The van der Waals surface area contributed by atoms with Gasteiger partial charge in [0.1, 0.15) is 5.82 Å². The second kappa shape index (κ2) is 5.85. The average molecular weight is 298 g/mol. The molecule has 114 valence electrons. The number of aromatic amines is 1. The number of pyridine rings is 1. The Kier molecular flexibility index (Phi) is 3.90. The van der Waals surface area contributed by atoms with Crippen molar-refractivity contribution < 1.29 is 4.39 Å². The Balaban J connectivity index is 1.96. The molecule has 0 aliphatic heterocycles. The molecule has 0 aliphatic carbocycles. The van der Waals surface area contributed by atoms with Gasteiger partial charge >= 0.3 is 0 Å². The Bertz CT molecular complexity index is 794. The van der Waals surface area contributed by atoms with Gasteiger partial charge in [-0.2, -0.15) is 4.39 Å². The van der Waals surface area contributed by atoms with Crippen LogP contribution in [0, 0.1) is 11.9 Å². The molecule has 3 rings (SSSR count). The van der Waals surface area contributed by atoms with Crippen molar-refractivity contribution in [2.24, 2.45) is 11.7 Å². The van der Waals surface area contributed by atoms with Gasteiger partial charge in [0.05, 0.1) is 17.1 Å². The predicted molar refractivity (Wildman–Crippen MR) is 85.7 cm³/mol. The largest absolute Gasteiger partial charge is 0.341 e. The molecule has 1 unspecified atom stereocenters. The van der Waals surface area contributed by atoms with Crippen molar-refractivity contribution in [3.63, 3.8) is 0 Å². The molecule has 0 spiro atoms. The number of aromatic nitrogens is 3. The lowest BCUT2D eigenvalue weighted by atomic mass is 10.0. The number of hydrogen-bond donors (Lipinski definition) is 2. The topological polar surface area (TPSA) is 67.6 Å². The standard InChI is InChI=1S/C17H19FN4/c1-10(2)7-13(19)17-21-14-4-3-11(8-15(14)22-17)12-5-6-20-16(18)9-12/h3-6,8-10,13H,7,19H2,1-2H3,(H,21,22). The average Bonchev–Trinajstić information content (AvgIpc) is 2.89. The number of benzene rings is 1. The number of rotatable bonds is 4. The monoisotopic (exact) mass is 298 g/mol. The number of fused-ring (bicyclic) bond motifs is 1. The van der Waals surface area contributed by atoms with E-state index in [2.05, 4.69) is 28.8 Å². The van der Waals surface area contributed by atoms with Gasteiger partial charge < -0.3 is 10.7 Å². The maximum atomic E-state index is 13.3. The first-order chi connectivity index (χ1) is 10.5. The lowest BCUT2D eigenvalue weighted by molar-refractivity contribution is 0.496. The van der Waals surface area contributed by atoms with Gasteiger partial charge in [-0.3, -0.25) is 0 Å². The number of nitrogens with two attached hydrogens (primary N) is 1. The fourth-order valence-corrected chi connectivity index (χ4v) is 2.59. The van der Waals surface area contributed by atoms with E-state index in [9.17, 15) is 4.39 Å². The van der Waals surface area contributed by atoms with Crippen LogP contribution >= 0.6 is 0 Å². The molecule has 0 radical (unpaired) electrons. The predicted octanol–water partition coefficient (Wildman–Crippen LogP) is 3.81. The fraction of sp³-hybridized carbons (Fsp3) is 0.294. The van der Waals surface area contributed by atoms with Crippen LogP contribution in [-0.2, 0) is 0 Å². The zero-order valence-corrected chi connectivity index (χ0v) is 12.7. The van der Waals surface area contributed by atoms with E-state index in [-0.39, 0.29) is 6.04 Å². The summed E-state index contributed by atoms with van der Waals surface area (Å²) in [5.74, 6) is 0.821. The van der Waals surface area contributed by atoms with Crippen LogP contribution in [0.4, 0.5) is 4.39 Å². The summed E-state index contributed by atoms with van der Waals surface area (Å²) in [5.41, 5.74) is 9.66. The normalized spacial score (nSPS) is 13.0. The third kappa shape index (κ3) is 2.99. The van der Waals surface area contributed by atoms with E-state index in [1.165, 1.54) is 12.3 Å². The second-order valence-electron chi connectivity index (χ2n) is 5.96. The van der Waals surface area contributed by atoms with E-state index in [1.54, 1.807) is 6.07 Å². The number of imidazole rings is 1. The Hall–Kier alpha value is -2.27. The molecule has 1 atom stereocenters. The highest BCUT2D eigenvalue weighted by atomic mass is 19.1. The molecule has 1 aromatic carbocycles. The van der Waals surface area contributed by atoms with Crippen LogP contribution in [0.15, 0.2) is 36.5 Å². The van der Waals surface area contributed by atoms with Crippen LogP contribution in [0.1, 0.15) is 32.1 Å². The van der Waals surface area contributed by atoms with Crippen molar-refractivity contribution in [1.82, 2.24) is 15.0 Å². The summed E-state index contributed by atoms with van der Waals surface area (Å²) in [7, 11) is 0. The van der Waals surface area contributed by atoms with E-state index in [4.69, 9.17) is 5.73 Å². The molecule has 3 N–H and O–H groups in total. The first-order valence-corrected chi connectivity index (χ1v) is 7.40. The van der Waals surface area contributed by atoms with Crippen LogP contribution in [0.25, 0.3) is 22.2 Å². The molecule has 3 aromatic rings. The van der Waals surface area contributed by atoms with Crippen LogP contribution in [-0.4, -0.2) is 15.0 Å². The van der Waals surface area contributed by atoms with Gasteiger partial charge in [0.2, 0.25) is 5.95 Å². The molecule has 0 fully saturated rings. The lowest BCUT2D eigenvalue weighted by Gasteiger charge is -2.10. The van der Waals surface area contributed by atoms with Gasteiger partial charge in [-0.15, -0.1) is 0 Å². The fourth-order valence-electron chi connectivity index (χ4n) is 2.59. The van der Waals surface area contributed by atoms with Crippen molar-refractivity contribution in [2.45, 2.75) is 26.3 Å². The summed E-state index contributed by atoms with van der Waals surface area (Å²) in [6.07, 6.45) is 2.34. The Labute approximate surface area is 128 Å². The van der Waals surface area contributed by atoms with Gasteiger partial charge in [-0.05, 0) is 41.7 Å². The van der Waals surface area contributed by atoms with Gasteiger partial charge in [0.25, 0.3) is 0 Å². The minimum atomic E-state index is -0.484. The number of hydrogen-bond acceptors (Lipinski definition) is 3. The minimum absolute atomic E-state index is 0.103. The van der Waals surface area contributed by atoms with E-state index < -0.39 is 5.95 Å². The molecule has 2 heterocycles. The summed E-state index contributed by atoms with van der Waals surface area (Å²) in [4.78, 5) is 11.4. The number of nitrogens with one attached hydrogen (secondary N) is 1. The summed E-state index contributed by atoms with van der Waals surface area (Å²) >= 11 is 0. The Morgan fingerprint density at radius 3 is 2.68 bits per heavy atom. The third-order valence-corrected chi connectivity index (χ3v) is 3.64. The summed E-state index contributed by atoms with van der Waals surface area (Å²) in [5, 5.41) is 0. The van der Waals surface area contributed by atoms with Gasteiger partial charge in [0.15, 0.2) is 0 Å².